The summed E-state index contributed by atoms with van der Waals surface area (Å²) < 4.78 is 0.734. The number of carbonyl (C=O) groups is 1. The van der Waals surface area contributed by atoms with Crippen LogP contribution in [0.25, 0.3) is 0 Å². The lowest BCUT2D eigenvalue weighted by atomic mass is 10.0. The smallest absolute Gasteiger partial charge is 0.252 e. The highest BCUT2D eigenvalue weighted by molar-refractivity contribution is 9.12. The van der Waals surface area contributed by atoms with Crippen molar-refractivity contribution in [3.05, 3.63) is 21.3 Å². The van der Waals surface area contributed by atoms with Crippen molar-refractivity contribution in [2.45, 2.75) is 13.8 Å². The van der Waals surface area contributed by atoms with Crippen LogP contribution in [-0.4, -0.2) is 11.7 Å². The van der Waals surface area contributed by atoms with Crippen LogP contribution in [0, 0.1) is 5.41 Å². The predicted octanol–water partition coefficient (Wildman–Crippen LogP) is 1.01. The number of amidine groups is 1. The molecule has 0 fully saturated rings. The molecule has 3 N–H and O–H groups in total. The third-order valence-corrected chi connectivity index (χ3v) is 2.95. The van der Waals surface area contributed by atoms with E-state index in [-0.39, 0.29) is 11.4 Å². The van der Waals surface area contributed by atoms with E-state index in [2.05, 4.69) is 21.2 Å². The molecule has 0 atom stereocenters. The summed E-state index contributed by atoms with van der Waals surface area (Å²) in [4.78, 5) is 10.9. The number of rotatable bonds is 1. The van der Waals surface area contributed by atoms with Gasteiger partial charge in [-0.05, 0) is 35.4 Å². The third-order valence-electron chi connectivity index (χ3n) is 1.78. The van der Waals surface area contributed by atoms with Crippen LogP contribution in [0.2, 0.25) is 0 Å². The molecule has 0 aromatic rings. The molecule has 1 radical (unpaired) electrons. The number of allylic oxidation sites excluding steroid dienone is 3. The van der Waals surface area contributed by atoms with E-state index in [9.17, 15) is 4.79 Å². The quantitative estimate of drug-likeness (QED) is 0.707. The van der Waals surface area contributed by atoms with E-state index in [1.54, 1.807) is 13.8 Å². The Morgan fingerprint density at radius 3 is 2.54 bits per heavy atom. The van der Waals surface area contributed by atoms with Crippen LogP contribution in [-0.2, 0) is 4.79 Å². The summed E-state index contributed by atoms with van der Waals surface area (Å²) in [5.41, 5.74) is 6.65. The Morgan fingerprint density at radius 2 is 2.08 bits per heavy atom. The molecule has 0 saturated heterocycles. The van der Waals surface area contributed by atoms with Crippen LogP contribution in [0.5, 0.6) is 0 Å². The average Bonchev–Trinajstić information content (AvgIpc) is 1.99. The van der Waals surface area contributed by atoms with Crippen molar-refractivity contribution >= 4 is 27.7 Å². The van der Waals surface area contributed by atoms with Gasteiger partial charge in [0.25, 0.3) is 5.91 Å². The molecule has 0 aromatic heterocycles. The molecule has 1 aliphatic rings. The first-order valence-electron chi connectivity index (χ1n) is 3.63. The zero-order chi connectivity index (χ0) is 10.2. The van der Waals surface area contributed by atoms with E-state index in [0.717, 1.165) is 4.48 Å². The second kappa shape index (κ2) is 3.33. The van der Waals surface area contributed by atoms with Gasteiger partial charge in [-0.1, -0.05) is 0 Å². The lowest BCUT2D eigenvalue weighted by molar-refractivity contribution is -0.114. The maximum absolute atomic E-state index is 10.9. The Hall–Kier alpha value is -1.10. The van der Waals surface area contributed by atoms with Gasteiger partial charge >= 0.3 is 0 Å². The van der Waals surface area contributed by atoms with Crippen LogP contribution >= 0.6 is 15.9 Å². The summed E-state index contributed by atoms with van der Waals surface area (Å²) in [6, 6.07) is 0. The number of nitrogens with zero attached hydrogens (tertiary/aromatic N) is 1. The van der Waals surface area contributed by atoms with Crippen molar-refractivity contribution in [1.82, 2.24) is 5.32 Å². The minimum absolute atomic E-state index is 0.0642. The standard InChI is InChI=1S/C8H9BrN3O/c1-3-5(8(11)13)7(10)12-4(2)6(3)9/h10H,1-2H3,(H2,11,13). The predicted molar refractivity (Wildman–Crippen MR) is 53.4 cm³/mol. The van der Waals surface area contributed by atoms with Gasteiger partial charge in [-0.25, -0.2) is 5.32 Å². The molecule has 0 aliphatic carbocycles. The highest BCUT2D eigenvalue weighted by Crippen LogP contribution is 2.27. The Balaban J connectivity index is 3.31. The Kier molecular flexibility index (Phi) is 2.56. The van der Waals surface area contributed by atoms with Gasteiger partial charge in [0.1, 0.15) is 0 Å². The molecule has 1 aliphatic heterocycles. The van der Waals surface area contributed by atoms with Crippen LogP contribution < -0.4 is 11.1 Å². The van der Waals surface area contributed by atoms with E-state index in [1.165, 1.54) is 0 Å². The molecular formula is C8H9BrN3O. The fraction of sp³-hybridized carbons (Fsp3) is 0.250. The number of halogens is 1. The molecule has 0 spiro atoms. The second-order valence-electron chi connectivity index (χ2n) is 2.72. The van der Waals surface area contributed by atoms with Gasteiger partial charge < -0.3 is 5.73 Å². The monoisotopic (exact) mass is 242 g/mol. The van der Waals surface area contributed by atoms with Crippen molar-refractivity contribution in [3.63, 3.8) is 0 Å². The number of primary amides is 1. The lowest BCUT2D eigenvalue weighted by Gasteiger charge is -2.17. The maximum atomic E-state index is 10.9. The summed E-state index contributed by atoms with van der Waals surface area (Å²) in [6.07, 6.45) is 0. The zero-order valence-electron chi connectivity index (χ0n) is 7.31. The van der Waals surface area contributed by atoms with Crippen LogP contribution in [0.15, 0.2) is 21.3 Å². The highest BCUT2D eigenvalue weighted by Gasteiger charge is 2.23. The molecule has 0 aromatic carbocycles. The normalized spacial score (nSPS) is 17.6. The first kappa shape index (κ1) is 9.98. The Bertz CT molecular complexity index is 354. The molecular weight excluding hydrogens is 234 g/mol. The number of carbonyl (C=O) groups excluding carboxylic acids is 1. The molecule has 1 amide bonds. The minimum Gasteiger partial charge on any atom is -0.365 e. The lowest BCUT2D eigenvalue weighted by Crippen LogP contribution is -2.30. The van der Waals surface area contributed by atoms with Gasteiger partial charge in [0.05, 0.1) is 11.3 Å². The van der Waals surface area contributed by atoms with Gasteiger partial charge in [0.2, 0.25) is 0 Å². The van der Waals surface area contributed by atoms with Crippen molar-refractivity contribution in [1.29, 1.82) is 5.41 Å². The SMILES string of the molecule is CC1=C(Br)C(C)=C(C(N)=O)C(=N)[N]1. The van der Waals surface area contributed by atoms with Crippen molar-refractivity contribution in [2.24, 2.45) is 5.73 Å². The Morgan fingerprint density at radius 1 is 1.54 bits per heavy atom. The summed E-state index contributed by atoms with van der Waals surface area (Å²) in [5.74, 6) is -0.679. The summed E-state index contributed by atoms with van der Waals surface area (Å²) in [7, 11) is 0. The van der Waals surface area contributed by atoms with E-state index >= 15 is 0 Å². The maximum Gasteiger partial charge on any atom is 0.252 e. The summed E-state index contributed by atoms with van der Waals surface area (Å²) in [5, 5.41) is 11.3. The van der Waals surface area contributed by atoms with Gasteiger partial charge in [-0.15, -0.1) is 0 Å². The zero-order valence-corrected chi connectivity index (χ0v) is 8.90. The van der Waals surface area contributed by atoms with Crippen molar-refractivity contribution in [2.75, 3.05) is 0 Å². The Labute approximate surface area is 84.5 Å². The number of nitrogens with two attached hydrogens (primary N) is 1. The first-order valence-corrected chi connectivity index (χ1v) is 4.42. The van der Waals surface area contributed by atoms with Crippen molar-refractivity contribution in [3.8, 4) is 0 Å². The third kappa shape index (κ3) is 1.65. The number of hydrogen-bond acceptors (Lipinski definition) is 2. The topological polar surface area (TPSA) is 81.0 Å². The fourth-order valence-electron chi connectivity index (χ4n) is 1.13. The molecule has 0 saturated carbocycles. The summed E-state index contributed by atoms with van der Waals surface area (Å²) in [6.45, 7) is 3.50. The molecule has 69 valence electrons. The number of amides is 1. The van der Waals surface area contributed by atoms with E-state index in [1.807, 2.05) is 0 Å². The van der Waals surface area contributed by atoms with Gasteiger partial charge in [-0.2, -0.15) is 0 Å². The van der Waals surface area contributed by atoms with Gasteiger partial charge in [0, 0.05) is 4.48 Å². The van der Waals surface area contributed by atoms with Crippen LogP contribution in [0.3, 0.4) is 0 Å². The van der Waals surface area contributed by atoms with E-state index in [4.69, 9.17) is 11.1 Å². The highest BCUT2D eigenvalue weighted by atomic mass is 79.9. The van der Waals surface area contributed by atoms with Gasteiger partial charge in [0.15, 0.2) is 5.84 Å². The first-order chi connectivity index (χ1) is 5.95. The van der Waals surface area contributed by atoms with E-state index in [0.29, 0.717) is 11.3 Å². The molecule has 0 unspecified atom stereocenters. The van der Waals surface area contributed by atoms with Crippen LogP contribution in [0.1, 0.15) is 13.8 Å². The fourth-order valence-corrected chi connectivity index (χ4v) is 1.42. The second-order valence-corrected chi connectivity index (χ2v) is 3.52. The van der Waals surface area contributed by atoms with Crippen LogP contribution in [0.4, 0.5) is 0 Å². The molecule has 1 rings (SSSR count). The molecule has 1 heterocycles. The molecule has 0 bridgehead atoms. The number of nitrogens with one attached hydrogen (secondary N) is 1. The van der Waals surface area contributed by atoms with Crippen molar-refractivity contribution < 1.29 is 4.79 Å². The summed E-state index contributed by atoms with van der Waals surface area (Å²) >= 11 is 3.28. The largest absolute Gasteiger partial charge is 0.365 e. The number of hydrogen-bond donors (Lipinski definition) is 2. The molecule has 5 heteroatoms. The molecule has 4 nitrogen and oxygen atoms in total. The molecule has 13 heavy (non-hydrogen) atoms. The average molecular weight is 243 g/mol. The van der Waals surface area contributed by atoms with Gasteiger partial charge in [-0.3, -0.25) is 10.2 Å². The van der Waals surface area contributed by atoms with E-state index < -0.39 is 5.91 Å². The minimum atomic E-state index is -0.615.